The molecule has 0 amide bonds. The van der Waals surface area contributed by atoms with Gasteiger partial charge in [-0.25, -0.2) is 0 Å². The van der Waals surface area contributed by atoms with Crippen molar-refractivity contribution in [1.82, 2.24) is 0 Å². The molecule has 2 atom stereocenters. The first-order chi connectivity index (χ1) is 9.35. The predicted molar refractivity (Wildman–Crippen MR) is 72.2 cm³/mol. The van der Waals surface area contributed by atoms with Crippen LogP contribution in [0.3, 0.4) is 0 Å². The van der Waals surface area contributed by atoms with E-state index in [0.29, 0.717) is 24.3 Å². The lowest BCUT2D eigenvalue weighted by Crippen LogP contribution is -2.25. The first-order valence-corrected chi connectivity index (χ1v) is 7.25. The van der Waals surface area contributed by atoms with Crippen LogP contribution < -0.4 is 0 Å². The molecule has 0 bridgehead atoms. The molecule has 1 aliphatic rings. The van der Waals surface area contributed by atoms with Crippen LogP contribution in [0.5, 0.6) is 0 Å². The molecule has 0 saturated heterocycles. The van der Waals surface area contributed by atoms with E-state index in [1.807, 2.05) is 0 Å². The van der Waals surface area contributed by atoms with Gasteiger partial charge in [0.05, 0.1) is 11.2 Å². The van der Waals surface area contributed by atoms with E-state index in [9.17, 15) is 18.3 Å². The highest BCUT2D eigenvalue weighted by Gasteiger charge is 2.34. The molecule has 2 unspecified atom stereocenters. The molecule has 0 aliphatic heterocycles. The van der Waals surface area contributed by atoms with E-state index in [0.717, 1.165) is 37.8 Å². The molecule has 20 heavy (non-hydrogen) atoms. The maximum absolute atomic E-state index is 12.6. The molecule has 0 heterocycles. The first-order valence-electron chi connectivity index (χ1n) is 7.25. The number of halogens is 3. The Morgan fingerprint density at radius 1 is 1.15 bits per heavy atom. The Morgan fingerprint density at radius 2 is 1.80 bits per heavy atom. The standard InChI is InChI=1S/C16H21F3O/c1-2-12-4-3-10-15(20,11-9-12)13-5-7-14(8-6-13)16(17,18)19/h5-8,12,20H,2-4,9-11H2,1H3. The fraction of sp³-hybridized carbons (Fsp3) is 0.625. The van der Waals surface area contributed by atoms with E-state index in [1.165, 1.54) is 12.1 Å². The van der Waals surface area contributed by atoms with Crippen molar-refractivity contribution in [3.8, 4) is 0 Å². The van der Waals surface area contributed by atoms with Gasteiger partial charge in [0, 0.05) is 0 Å². The number of hydrogen-bond donors (Lipinski definition) is 1. The molecule has 1 aromatic rings. The van der Waals surface area contributed by atoms with Gasteiger partial charge >= 0.3 is 6.18 Å². The number of aliphatic hydroxyl groups is 1. The summed E-state index contributed by atoms with van der Waals surface area (Å²) in [7, 11) is 0. The minimum atomic E-state index is -4.32. The van der Waals surface area contributed by atoms with Crippen LogP contribution >= 0.6 is 0 Å². The van der Waals surface area contributed by atoms with Crippen molar-refractivity contribution in [3.63, 3.8) is 0 Å². The number of hydrogen-bond acceptors (Lipinski definition) is 1. The second kappa shape index (κ2) is 5.76. The van der Waals surface area contributed by atoms with E-state index in [-0.39, 0.29) is 0 Å². The van der Waals surface area contributed by atoms with Crippen LogP contribution in [0.2, 0.25) is 0 Å². The van der Waals surface area contributed by atoms with Gasteiger partial charge in [0.2, 0.25) is 0 Å². The molecule has 1 aliphatic carbocycles. The van der Waals surface area contributed by atoms with E-state index in [2.05, 4.69) is 6.92 Å². The van der Waals surface area contributed by atoms with E-state index < -0.39 is 17.3 Å². The zero-order valence-corrected chi connectivity index (χ0v) is 11.7. The minimum Gasteiger partial charge on any atom is -0.385 e. The normalized spacial score (nSPS) is 28.1. The lowest BCUT2D eigenvalue weighted by Gasteiger charge is -2.27. The molecule has 0 spiro atoms. The molecule has 112 valence electrons. The van der Waals surface area contributed by atoms with Crippen LogP contribution in [0.1, 0.15) is 56.6 Å². The highest BCUT2D eigenvalue weighted by Crippen LogP contribution is 2.39. The summed E-state index contributed by atoms with van der Waals surface area (Å²) < 4.78 is 37.7. The van der Waals surface area contributed by atoms with Crippen molar-refractivity contribution in [3.05, 3.63) is 35.4 Å². The van der Waals surface area contributed by atoms with Gasteiger partial charge in [-0.05, 0) is 49.3 Å². The summed E-state index contributed by atoms with van der Waals surface area (Å²) >= 11 is 0. The third kappa shape index (κ3) is 3.35. The molecule has 2 rings (SSSR count). The Balaban J connectivity index is 2.17. The highest BCUT2D eigenvalue weighted by molar-refractivity contribution is 5.29. The molecule has 1 nitrogen and oxygen atoms in total. The van der Waals surface area contributed by atoms with Gasteiger partial charge in [-0.1, -0.05) is 31.9 Å². The number of benzene rings is 1. The van der Waals surface area contributed by atoms with E-state index >= 15 is 0 Å². The summed E-state index contributed by atoms with van der Waals surface area (Å²) in [4.78, 5) is 0. The quantitative estimate of drug-likeness (QED) is 0.768. The SMILES string of the molecule is CCC1CCCC(O)(c2ccc(C(F)(F)F)cc2)CC1. The summed E-state index contributed by atoms with van der Waals surface area (Å²) in [5.41, 5.74) is -1.01. The van der Waals surface area contributed by atoms with Gasteiger partial charge in [-0.3, -0.25) is 0 Å². The van der Waals surface area contributed by atoms with Gasteiger partial charge in [-0.2, -0.15) is 13.2 Å². The van der Waals surface area contributed by atoms with Crippen LogP contribution in [0.15, 0.2) is 24.3 Å². The number of rotatable bonds is 2. The van der Waals surface area contributed by atoms with Crippen LogP contribution in [0.4, 0.5) is 13.2 Å². The largest absolute Gasteiger partial charge is 0.416 e. The lowest BCUT2D eigenvalue weighted by molar-refractivity contribution is -0.137. The van der Waals surface area contributed by atoms with Crippen LogP contribution in [0.25, 0.3) is 0 Å². The van der Waals surface area contributed by atoms with Crippen molar-refractivity contribution >= 4 is 0 Å². The summed E-state index contributed by atoms with van der Waals surface area (Å²) in [6.45, 7) is 2.15. The molecule has 1 fully saturated rings. The maximum Gasteiger partial charge on any atom is 0.416 e. The van der Waals surface area contributed by atoms with E-state index in [4.69, 9.17) is 0 Å². The predicted octanol–water partition coefficient (Wildman–Crippen LogP) is 4.88. The Bertz CT molecular complexity index is 438. The van der Waals surface area contributed by atoms with E-state index in [1.54, 1.807) is 0 Å². The van der Waals surface area contributed by atoms with Gasteiger partial charge in [0.25, 0.3) is 0 Å². The van der Waals surface area contributed by atoms with Gasteiger partial charge in [-0.15, -0.1) is 0 Å². The Labute approximate surface area is 117 Å². The van der Waals surface area contributed by atoms with Crippen molar-refractivity contribution in [2.45, 2.75) is 57.2 Å². The van der Waals surface area contributed by atoms with Gasteiger partial charge in [0.15, 0.2) is 0 Å². The molecule has 1 saturated carbocycles. The second-order valence-electron chi connectivity index (χ2n) is 5.81. The molecule has 0 radical (unpaired) electrons. The van der Waals surface area contributed by atoms with Gasteiger partial charge < -0.3 is 5.11 Å². The molecular weight excluding hydrogens is 265 g/mol. The summed E-state index contributed by atoms with van der Waals surface area (Å²) in [5.74, 6) is 0.624. The fourth-order valence-electron chi connectivity index (χ4n) is 3.06. The topological polar surface area (TPSA) is 20.2 Å². The maximum atomic E-state index is 12.6. The Kier molecular flexibility index (Phi) is 4.43. The van der Waals surface area contributed by atoms with Crippen LogP contribution in [-0.4, -0.2) is 5.11 Å². The third-order valence-electron chi connectivity index (χ3n) is 4.50. The van der Waals surface area contributed by atoms with Crippen molar-refractivity contribution in [2.75, 3.05) is 0 Å². The van der Waals surface area contributed by atoms with Crippen molar-refractivity contribution < 1.29 is 18.3 Å². The summed E-state index contributed by atoms with van der Waals surface area (Å²) in [6.07, 6.45) is 1.01. The molecule has 1 aromatic carbocycles. The van der Waals surface area contributed by atoms with Gasteiger partial charge in [0.1, 0.15) is 0 Å². The molecule has 1 N–H and O–H groups in total. The monoisotopic (exact) mass is 286 g/mol. The molecular formula is C16H21F3O. The molecule has 4 heteroatoms. The molecule has 0 aromatic heterocycles. The number of alkyl halides is 3. The average Bonchev–Trinajstić information content (AvgIpc) is 2.61. The first kappa shape index (κ1) is 15.4. The average molecular weight is 286 g/mol. The third-order valence-corrected chi connectivity index (χ3v) is 4.50. The zero-order chi connectivity index (χ0) is 14.8. The second-order valence-corrected chi connectivity index (χ2v) is 5.81. The van der Waals surface area contributed by atoms with Crippen LogP contribution in [0, 0.1) is 5.92 Å². The smallest absolute Gasteiger partial charge is 0.385 e. The van der Waals surface area contributed by atoms with Crippen molar-refractivity contribution in [2.24, 2.45) is 5.92 Å². The minimum absolute atomic E-state index is 0.613. The highest BCUT2D eigenvalue weighted by atomic mass is 19.4. The van der Waals surface area contributed by atoms with Crippen molar-refractivity contribution in [1.29, 1.82) is 0 Å². The Morgan fingerprint density at radius 3 is 2.35 bits per heavy atom. The fourth-order valence-corrected chi connectivity index (χ4v) is 3.06. The summed E-state index contributed by atoms with van der Waals surface area (Å²) in [6, 6.07) is 4.98. The zero-order valence-electron chi connectivity index (χ0n) is 11.7. The Hall–Kier alpha value is -1.03. The van der Waals surface area contributed by atoms with Crippen LogP contribution in [-0.2, 0) is 11.8 Å². The lowest BCUT2D eigenvalue weighted by atomic mass is 9.85. The summed E-state index contributed by atoms with van der Waals surface area (Å²) in [5, 5.41) is 10.7.